The van der Waals surface area contributed by atoms with Crippen molar-refractivity contribution in [2.75, 3.05) is 6.54 Å². The molecule has 2 atom stereocenters. The van der Waals surface area contributed by atoms with Crippen molar-refractivity contribution in [3.63, 3.8) is 0 Å². The summed E-state index contributed by atoms with van der Waals surface area (Å²) >= 11 is 0. The maximum absolute atomic E-state index is 12.6. The highest BCUT2D eigenvalue weighted by molar-refractivity contribution is 5.80. The Morgan fingerprint density at radius 3 is 3.06 bits per heavy atom. The van der Waals surface area contributed by atoms with E-state index in [9.17, 15) is 4.79 Å². The van der Waals surface area contributed by atoms with Crippen molar-refractivity contribution in [1.29, 1.82) is 0 Å². The molecule has 1 aliphatic carbocycles. The predicted octanol–water partition coefficient (Wildman–Crippen LogP) is 2.43. The van der Waals surface area contributed by atoms with E-state index in [2.05, 4.69) is 27.2 Å². The van der Waals surface area contributed by atoms with Gasteiger partial charge in [-0.05, 0) is 38.2 Å². The number of allylic oxidation sites excluding steroid dienone is 2. The molecule has 0 aromatic carbocycles. The van der Waals surface area contributed by atoms with Crippen molar-refractivity contribution in [1.82, 2.24) is 15.1 Å². The monoisotopic (exact) mass is 245 g/mol. The molecule has 0 spiro atoms. The van der Waals surface area contributed by atoms with Crippen molar-refractivity contribution < 1.29 is 4.79 Å². The van der Waals surface area contributed by atoms with Crippen molar-refractivity contribution in [3.05, 3.63) is 30.1 Å². The molecule has 1 fully saturated rings. The maximum atomic E-state index is 12.6. The van der Waals surface area contributed by atoms with Gasteiger partial charge in [-0.2, -0.15) is 5.10 Å². The number of H-pyrrole nitrogens is 1. The molecule has 96 valence electrons. The molecule has 0 unspecified atom stereocenters. The number of amides is 1. The average Bonchev–Trinajstić information content (AvgIpc) is 3.09. The van der Waals surface area contributed by atoms with Crippen molar-refractivity contribution in [2.45, 2.75) is 38.1 Å². The highest BCUT2D eigenvalue weighted by Gasteiger charge is 2.34. The van der Waals surface area contributed by atoms with E-state index in [1.54, 1.807) is 6.20 Å². The van der Waals surface area contributed by atoms with Crippen LogP contribution in [0, 0.1) is 5.92 Å². The highest BCUT2D eigenvalue weighted by atomic mass is 16.2. The number of hydrogen-bond acceptors (Lipinski definition) is 2. The first-order chi connectivity index (χ1) is 8.86. The van der Waals surface area contributed by atoms with Gasteiger partial charge >= 0.3 is 0 Å². The van der Waals surface area contributed by atoms with Crippen LogP contribution < -0.4 is 0 Å². The lowest BCUT2D eigenvalue weighted by molar-refractivity contribution is -0.136. The summed E-state index contributed by atoms with van der Waals surface area (Å²) in [5.41, 5.74) is 1.08. The second-order valence-electron chi connectivity index (χ2n) is 5.18. The van der Waals surface area contributed by atoms with Crippen molar-refractivity contribution in [3.8, 4) is 0 Å². The summed E-state index contributed by atoms with van der Waals surface area (Å²) in [6, 6.07) is 2.20. The second kappa shape index (κ2) is 4.96. The average molecular weight is 245 g/mol. The third kappa shape index (κ3) is 2.07. The number of nitrogens with one attached hydrogen (secondary N) is 1. The molecule has 1 N–H and O–H groups in total. The number of aromatic nitrogens is 2. The van der Waals surface area contributed by atoms with Crippen molar-refractivity contribution >= 4 is 5.91 Å². The van der Waals surface area contributed by atoms with Crippen LogP contribution in [0.2, 0.25) is 0 Å². The smallest absolute Gasteiger partial charge is 0.226 e. The molecule has 1 amide bonds. The standard InChI is InChI=1S/C14H19N3O/c18-14(11-5-2-1-3-6-11)17-10-4-7-13(17)12-8-9-15-16-12/h1-2,8-9,11,13H,3-7,10H2,(H,15,16)/t11-,13-/m0/s1. The lowest BCUT2D eigenvalue weighted by Gasteiger charge is -2.28. The molecule has 0 saturated carbocycles. The van der Waals surface area contributed by atoms with Gasteiger partial charge in [-0.25, -0.2) is 0 Å². The van der Waals surface area contributed by atoms with E-state index in [0.717, 1.165) is 44.3 Å². The Hall–Kier alpha value is -1.58. The summed E-state index contributed by atoms with van der Waals surface area (Å²) in [6.07, 6.45) is 11.2. The number of nitrogens with zero attached hydrogens (tertiary/aromatic N) is 2. The van der Waals surface area contributed by atoms with Crippen LogP contribution in [0.3, 0.4) is 0 Å². The van der Waals surface area contributed by atoms with E-state index >= 15 is 0 Å². The van der Waals surface area contributed by atoms with Gasteiger partial charge in [0, 0.05) is 18.7 Å². The SMILES string of the molecule is O=C([C@H]1CC=CCC1)N1CCC[C@H]1c1ccn[nH]1. The lowest BCUT2D eigenvalue weighted by atomic mass is 9.93. The Labute approximate surface area is 107 Å². The Morgan fingerprint density at radius 2 is 2.33 bits per heavy atom. The molecule has 4 heteroatoms. The summed E-state index contributed by atoms with van der Waals surface area (Å²) in [7, 11) is 0. The van der Waals surface area contributed by atoms with Crippen LogP contribution in [0.25, 0.3) is 0 Å². The van der Waals surface area contributed by atoms with E-state index in [1.807, 2.05) is 6.07 Å². The first-order valence-corrected chi connectivity index (χ1v) is 6.81. The quantitative estimate of drug-likeness (QED) is 0.813. The van der Waals surface area contributed by atoms with Crippen LogP contribution in [-0.4, -0.2) is 27.5 Å². The summed E-state index contributed by atoms with van der Waals surface area (Å²) in [4.78, 5) is 14.6. The molecule has 1 aliphatic heterocycles. The zero-order valence-electron chi connectivity index (χ0n) is 10.5. The fourth-order valence-electron chi connectivity index (χ4n) is 3.06. The normalized spacial score (nSPS) is 27.7. The molecular weight excluding hydrogens is 226 g/mol. The van der Waals surface area contributed by atoms with Gasteiger partial charge in [-0.1, -0.05) is 12.2 Å². The molecule has 1 aromatic heterocycles. The third-order valence-corrected chi connectivity index (χ3v) is 4.04. The fraction of sp³-hybridized carbons (Fsp3) is 0.571. The minimum Gasteiger partial charge on any atom is -0.334 e. The Morgan fingerprint density at radius 1 is 1.39 bits per heavy atom. The molecule has 0 radical (unpaired) electrons. The molecule has 1 saturated heterocycles. The van der Waals surface area contributed by atoms with Crippen LogP contribution >= 0.6 is 0 Å². The zero-order valence-corrected chi connectivity index (χ0v) is 10.5. The van der Waals surface area contributed by atoms with Gasteiger partial charge in [0.25, 0.3) is 0 Å². The fourth-order valence-corrected chi connectivity index (χ4v) is 3.06. The van der Waals surface area contributed by atoms with Crippen LogP contribution in [-0.2, 0) is 4.79 Å². The highest BCUT2D eigenvalue weighted by Crippen LogP contribution is 2.33. The number of carbonyl (C=O) groups is 1. The third-order valence-electron chi connectivity index (χ3n) is 4.04. The van der Waals surface area contributed by atoms with Gasteiger partial charge in [-0.3, -0.25) is 9.89 Å². The summed E-state index contributed by atoms with van der Waals surface area (Å²) in [5, 5.41) is 7.01. The first kappa shape index (κ1) is 11.5. The van der Waals surface area contributed by atoms with Crippen LogP contribution in [0.4, 0.5) is 0 Å². The number of aromatic amines is 1. The summed E-state index contributed by atoms with van der Waals surface area (Å²) < 4.78 is 0. The van der Waals surface area contributed by atoms with Gasteiger partial charge in [0.05, 0.1) is 11.7 Å². The second-order valence-corrected chi connectivity index (χ2v) is 5.18. The Kier molecular flexibility index (Phi) is 3.17. The van der Waals surface area contributed by atoms with Crippen LogP contribution in [0.15, 0.2) is 24.4 Å². The van der Waals surface area contributed by atoms with Gasteiger partial charge in [0.1, 0.15) is 0 Å². The molecule has 2 aliphatic rings. The van der Waals surface area contributed by atoms with E-state index in [1.165, 1.54) is 0 Å². The maximum Gasteiger partial charge on any atom is 0.226 e. The van der Waals surface area contributed by atoms with Gasteiger partial charge < -0.3 is 4.90 Å². The molecule has 0 bridgehead atoms. The number of rotatable bonds is 2. The van der Waals surface area contributed by atoms with E-state index in [4.69, 9.17) is 0 Å². The van der Waals surface area contributed by atoms with Gasteiger partial charge in [0.15, 0.2) is 0 Å². The Balaban J connectivity index is 1.74. The predicted molar refractivity (Wildman–Crippen MR) is 68.8 cm³/mol. The summed E-state index contributed by atoms with van der Waals surface area (Å²) in [5.74, 6) is 0.523. The van der Waals surface area contributed by atoms with Crippen LogP contribution in [0.1, 0.15) is 43.8 Å². The molecule has 18 heavy (non-hydrogen) atoms. The first-order valence-electron chi connectivity index (χ1n) is 6.81. The Bertz CT molecular complexity index is 438. The zero-order chi connectivity index (χ0) is 12.4. The van der Waals surface area contributed by atoms with E-state index in [0.29, 0.717) is 5.91 Å². The van der Waals surface area contributed by atoms with E-state index < -0.39 is 0 Å². The number of hydrogen-bond donors (Lipinski definition) is 1. The molecule has 4 nitrogen and oxygen atoms in total. The largest absolute Gasteiger partial charge is 0.334 e. The number of likely N-dealkylation sites (tertiary alicyclic amines) is 1. The lowest BCUT2D eigenvalue weighted by Crippen LogP contribution is -2.36. The van der Waals surface area contributed by atoms with Gasteiger partial charge in [-0.15, -0.1) is 0 Å². The molecule has 1 aromatic rings. The van der Waals surface area contributed by atoms with E-state index in [-0.39, 0.29) is 12.0 Å². The van der Waals surface area contributed by atoms with Crippen molar-refractivity contribution in [2.24, 2.45) is 5.92 Å². The van der Waals surface area contributed by atoms with Crippen LogP contribution in [0.5, 0.6) is 0 Å². The topological polar surface area (TPSA) is 49.0 Å². The molecular formula is C14H19N3O. The molecule has 2 heterocycles. The molecule has 3 rings (SSSR count). The number of carbonyl (C=O) groups excluding carboxylic acids is 1. The van der Waals surface area contributed by atoms with Gasteiger partial charge in [0.2, 0.25) is 5.91 Å². The minimum absolute atomic E-state index is 0.193. The summed E-state index contributed by atoms with van der Waals surface area (Å²) in [6.45, 7) is 0.892. The minimum atomic E-state index is 0.193.